The standard InChI is InChI=1S/C20H30N4O2/c1-6-21-20(22-14-18-13-19(15(2)3)23-26-18)24(5)11-12-25-17-9-7-16(4)8-10-17/h7-10,13,15H,6,11-12,14H2,1-5H3,(H,21,22). The number of guanidine groups is 1. The molecule has 1 aromatic heterocycles. The molecule has 0 saturated heterocycles. The summed E-state index contributed by atoms with van der Waals surface area (Å²) in [5, 5.41) is 7.37. The summed E-state index contributed by atoms with van der Waals surface area (Å²) in [6.45, 7) is 10.9. The fraction of sp³-hybridized carbons (Fsp3) is 0.500. The SMILES string of the molecule is CCNC(=NCc1cc(C(C)C)no1)N(C)CCOc1ccc(C)cc1. The van der Waals surface area contributed by atoms with Gasteiger partial charge >= 0.3 is 0 Å². The fourth-order valence-corrected chi connectivity index (χ4v) is 2.34. The zero-order chi connectivity index (χ0) is 18.9. The number of likely N-dealkylation sites (N-methyl/N-ethyl adjacent to an activating group) is 1. The molecule has 0 aliphatic carbocycles. The van der Waals surface area contributed by atoms with Crippen molar-refractivity contribution in [3.8, 4) is 5.75 Å². The summed E-state index contributed by atoms with van der Waals surface area (Å²) in [5.41, 5.74) is 2.18. The highest BCUT2D eigenvalue weighted by molar-refractivity contribution is 5.79. The first-order valence-electron chi connectivity index (χ1n) is 9.14. The van der Waals surface area contributed by atoms with Crippen molar-refractivity contribution >= 4 is 5.96 Å². The lowest BCUT2D eigenvalue weighted by molar-refractivity contribution is 0.281. The average molecular weight is 358 g/mol. The van der Waals surface area contributed by atoms with Crippen LogP contribution in [0.4, 0.5) is 0 Å². The van der Waals surface area contributed by atoms with Crippen LogP contribution in [-0.2, 0) is 6.54 Å². The molecule has 2 rings (SSSR count). The Morgan fingerprint density at radius 2 is 2.04 bits per heavy atom. The minimum absolute atomic E-state index is 0.353. The van der Waals surface area contributed by atoms with Crippen molar-refractivity contribution in [3.05, 3.63) is 47.3 Å². The maximum Gasteiger partial charge on any atom is 0.194 e. The molecule has 0 fully saturated rings. The summed E-state index contributed by atoms with van der Waals surface area (Å²) in [5.74, 6) is 2.83. The van der Waals surface area contributed by atoms with E-state index in [0.29, 0.717) is 19.1 Å². The number of aromatic nitrogens is 1. The van der Waals surface area contributed by atoms with Gasteiger partial charge in [0, 0.05) is 19.7 Å². The van der Waals surface area contributed by atoms with Crippen molar-refractivity contribution in [3.63, 3.8) is 0 Å². The van der Waals surface area contributed by atoms with Gasteiger partial charge in [-0.15, -0.1) is 0 Å². The van der Waals surface area contributed by atoms with E-state index < -0.39 is 0 Å². The van der Waals surface area contributed by atoms with Gasteiger partial charge in [-0.25, -0.2) is 4.99 Å². The van der Waals surface area contributed by atoms with Crippen molar-refractivity contribution < 1.29 is 9.26 Å². The molecule has 6 nitrogen and oxygen atoms in total. The van der Waals surface area contributed by atoms with E-state index in [4.69, 9.17) is 9.26 Å². The molecule has 0 atom stereocenters. The van der Waals surface area contributed by atoms with Crippen molar-refractivity contribution in [1.82, 2.24) is 15.4 Å². The zero-order valence-electron chi connectivity index (χ0n) is 16.5. The van der Waals surface area contributed by atoms with Gasteiger partial charge in [-0.05, 0) is 31.9 Å². The maximum absolute atomic E-state index is 5.80. The lowest BCUT2D eigenvalue weighted by Gasteiger charge is -2.22. The van der Waals surface area contributed by atoms with Crippen LogP contribution in [0.25, 0.3) is 0 Å². The Hall–Kier alpha value is -2.50. The van der Waals surface area contributed by atoms with Gasteiger partial charge in [0.1, 0.15) is 18.9 Å². The van der Waals surface area contributed by atoms with Crippen LogP contribution in [0.15, 0.2) is 39.8 Å². The molecule has 1 N–H and O–H groups in total. The van der Waals surface area contributed by atoms with E-state index in [1.54, 1.807) is 0 Å². The number of aliphatic imine (C=N–C) groups is 1. The molecule has 0 bridgehead atoms. The van der Waals surface area contributed by atoms with Crippen LogP contribution in [-0.4, -0.2) is 42.8 Å². The largest absolute Gasteiger partial charge is 0.492 e. The van der Waals surface area contributed by atoms with E-state index >= 15 is 0 Å². The minimum atomic E-state index is 0.353. The lowest BCUT2D eigenvalue weighted by Crippen LogP contribution is -2.40. The number of hydrogen-bond acceptors (Lipinski definition) is 4. The normalized spacial score (nSPS) is 11.7. The van der Waals surface area contributed by atoms with Crippen LogP contribution < -0.4 is 10.1 Å². The Kier molecular flexibility index (Phi) is 7.51. The number of aryl methyl sites for hydroxylation is 1. The minimum Gasteiger partial charge on any atom is -0.492 e. The molecule has 0 aliphatic heterocycles. The van der Waals surface area contributed by atoms with Gasteiger partial charge < -0.3 is 19.5 Å². The summed E-state index contributed by atoms with van der Waals surface area (Å²) < 4.78 is 11.2. The predicted molar refractivity (Wildman–Crippen MR) is 105 cm³/mol. The summed E-state index contributed by atoms with van der Waals surface area (Å²) in [6, 6.07) is 10.1. The second-order valence-electron chi connectivity index (χ2n) is 6.63. The first-order chi connectivity index (χ1) is 12.5. The third-order valence-electron chi connectivity index (χ3n) is 3.97. The van der Waals surface area contributed by atoms with Crippen LogP contribution in [0, 0.1) is 6.92 Å². The number of benzene rings is 1. The number of nitrogens with zero attached hydrogens (tertiary/aromatic N) is 3. The second-order valence-corrected chi connectivity index (χ2v) is 6.63. The van der Waals surface area contributed by atoms with Gasteiger partial charge in [-0.2, -0.15) is 0 Å². The molecule has 0 spiro atoms. The Balaban J connectivity index is 1.88. The van der Waals surface area contributed by atoms with E-state index in [1.165, 1.54) is 5.56 Å². The molecule has 26 heavy (non-hydrogen) atoms. The van der Waals surface area contributed by atoms with Crippen LogP contribution in [0.3, 0.4) is 0 Å². The van der Waals surface area contributed by atoms with Gasteiger partial charge in [-0.1, -0.05) is 36.7 Å². The highest BCUT2D eigenvalue weighted by atomic mass is 16.5. The Bertz CT molecular complexity index is 692. The Morgan fingerprint density at radius 3 is 2.65 bits per heavy atom. The molecular formula is C20H30N4O2. The molecule has 0 saturated carbocycles. The summed E-state index contributed by atoms with van der Waals surface area (Å²) >= 11 is 0. The highest BCUT2D eigenvalue weighted by Gasteiger charge is 2.09. The quantitative estimate of drug-likeness (QED) is 0.577. The Morgan fingerprint density at radius 1 is 1.31 bits per heavy atom. The number of nitrogens with one attached hydrogen (secondary N) is 1. The molecule has 2 aromatic rings. The maximum atomic E-state index is 5.80. The van der Waals surface area contributed by atoms with E-state index in [-0.39, 0.29) is 0 Å². The second kappa shape index (κ2) is 9.85. The number of ether oxygens (including phenoxy) is 1. The van der Waals surface area contributed by atoms with Crippen LogP contribution in [0.5, 0.6) is 5.75 Å². The van der Waals surface area contributed by atoms with Crippen molar-refractivity contribution in [2.75, 3.05) is 26.7 Å². The summed E-state index contributed by atoms with van der Waals surface area (Å²) in [4.78, 5) is 6.69. The van der Waals surface area contributed by atoms with Crippen LogP contribution >= 0.6 is 0 Å². The van der Waals surface area contributed by atoms with Gasteiger partial charge in [-0.3, -0.25) is 0 Å². The average Bonchev–Trinajstić information content (AvgIpc) is 3.09. The van der Waals surface area contributed by atoms with Crippen molar-refractivity contribution in [2.45, 2.75) is 40.2 Å². The first kappa shape index (κ1) is 19.8. The Labute approximate surface area is 156 Å². The third kappa shape index (κ3) is 6.10. The van der Waals surface area contributed by atoms with Gasteiger partial charge in [0.15, 0.2) is 11.7 Å². The van der Waals surface area contributed by atoms with E-state index in [1.807, 2.05) is 37.4 Å². The van der Waals surface area contributed by atoms with Crippen molar-refractivity contribution in [2.24, 2.45) is 4.99 Å². The van der Waals surface area contributed by atoms with E-state index in [2.05, 4.69) is 48.1 Å². The molecule has 142 valence electrons. The lowest BCUT2D eigenvalue weighted by atomic mass is 10.1. The summed E-state index contributed by atoms with van der Waals surface area (Å²) in [6.07, 6.45) is 0. The number of rotatable bonds is 8. The highest BCUT2D eigenvalue weighted by Crippen LogP contribution is 2.14. The first-order valence-corrected chi connectivity index (χ1v) is 9.14. The van der Waals surface area contributed by atoms with Gasteiger partial charge in [0.2, 0.25) is 0 Å². The molecule has 6 heteroatoms. The third-order valence-corrected chi connectivity index (χ3v) is 3.97. The number of hydrogen-bond donors (Lipinski definition) is 1. The smallest absolute Gasteiger partial charge is 0.194 e. The molecule has 1 aromatic carbocycles. The van der Waals surface area contributed by atoms with E-state index in [0.717, 1.165) is 36.3 Å². The van der Waals surface area contributed by atoms with Gasteiger partial charge in [0.05, 0.1) is 12.2 Å². The van der Waals surface area contributed by atoms with Gasteiger partial charge in [0.25, 0.3) is 0 Å². The monoisotopic (exact) mass is 358 g/mol. The van der Waals surface area contributed by atoms with Crippen molar-refractivity contribution in [1.29, 1.82) is 0 Å². The molecular weight excluding hydrogens is 328 g/mol. The summed E-state index contributed by atoms with van der Waals surface area (Å²) in [7, 11) is 2.00. The predicted octanol–water partition coefficient (Wildman–Crippen LogP) is 3.58. The molecule has 0 amide bonds. The molecule has 0 unspecified atom stereocenters. The van der Waals surface area contributed by atoms with E-state index in [9.17, 15) is 0 Å². The van der Waals surface area contributed by atoms with Crippen LogP contribution in [0.1, 0.15) is 43.7 Å². The fourth-order valence-electron chi connectivity index (χ4n) is 2.34. The molecule has 0 aliphatic rings. The molecule has 1 heterocycles. The molecule has 0 radical (unpaired) electrons. The topological polar surface area (TPSA) is 62.9 Å². The van der Waals surface area contributed by atoms with Crippen LogP contribution in [0.2, 0.25) is 0 Å². The zero-order valence-corrected chi connectivity index (χ0v) is 16.5.